The lowest BCUT2D eigenvalue weighted by molar-refractivity contribution is 0.0959. The van der Waals surface area contributed by atoms with E-state index in [1.807, 2.05) is 18.2 Å². The zero-order valence-corrected chi connectivity index (χ0v) is 10.4. The van der Waals surface area contributed by atoms with Gasteiger partial charge in [0.2, 0.25) is 0 Å². The van der Waals surface area contributed by atoms with Crippen LogP contribution in [0.4, 0.5) is 5.82 Å². The van der Waals surface area contributed by atoms with Crippen LogP contribution in [-0.2, 0) is 0 Å². The number of nitrogens with two attached hydrogens (primary N) is 1. The second-order valence-electron chi connectivity index (χ2n) is 3.55. The minimum absolute atomic E-state index is 0.0757. The minimum atomic E-state index is -0.370. The zero-order valence-electron chi connectivity index (χ0n) is 9.64. The van der Waals surface area contributed by atoms with Gasteiger partial charge in [-0.2, -0.15) is 0 Å². The van der Waals surface area contributed by atoms with Crippen LogP contribution in [0.2, 0.25) is 5.02 Å². The van der Waals surface area contributed by atoms with Gasteiger partial charge in [0.05, 0.1) is 16.9 Å². The van der Waals surface area contributed by atoms with E-state index in [9.17, 15) is 4.79 Å². The molecule has 6 heteroatoms. The van der Waals surface area contributed by atoms with Crippen molar-refractivity contribution in [3.05, 3.63) is 41.2 Å². The first-order valence-electron chi connectivity index (χ1n) is 5.23. The van der Waals surface area contributed by atoms with Crippen LogP contribution in [-0.4, -0.2) is 22.9 Å². The molecule has 3 N–H and O–H groups in total. The first-order valence-corrected chi connectivity index (χ1v) is 5.60. The van der Waals surface area contributed by atoms with E-state index in [0.29, 0.717) is 10.7 Å². The predicted octanol–water partition coefficient (Wildman–Crippen LogP) is 1.74. The summed E-state index contributed by atoms with van der Waals surface area (Å²) in [5.41, 5.74) is 7.07. The Morgan fingerprint density at radius 3 is 2.72 bits per heavy atom. The Morgan fingerprint density at radius 1 is 1.39 bits per heavy atom. The predicted molar refractivity (Wildman–Crippen MR) is 70.3 cm³/mol. The largest absolute Gasteiger partial charge is 0.382 e. The fraction of sp³-hybridized carbons (Fsp3) is 0.0833. The van der Waals surface area contributed by atoms with E-state index in [2.05, 4.69) is 15.3 Å². The molecule has 0 fully saturated rings. The smallest absolute Gasteiger partial charge is 0.273 e. The van der Waals surface area contributed by atoms with Gasteiger partial charge in [-0.05, 0) is 6.07 Å². The minimum Gasteiger partial charge on any atom is -0.382 e. The molecule has 1 aromatic carbocycles. The highest BCUT2D eigenvalue weighted by Crippen LogP contribution is 2.26. The van der Waals surface area contributed by atoms with Crippen LogP contribution in [0.3, 0.4) is 0 Å². The Labute approximate surface area is 109 Å². The molecule has 0 saturated carbocycles. The van der Waals surface area contributed by atoms with Crippen molar-refractivity contribution in [2.45, 2.75) is 0 Å². The van der Waals surface area contributed by atoms with Crippen molar-refractivity contribution in [2.75, 3.05) is 12.8 Å². The number of hydrogen-bond donors (Lipinski definition) is 2. The Hall–Kier alpha value is -2.14. The molecule has 0 unspecified atom stereocenters. The fourth-order valence-electron chi connectivity index (χ4n) is 1.50. The number of nitrogens with one attached hydrogen (secondary N) is 1. The number of anilines is 1. The molecule has 1 heterocycles. The van der Waals surface area contributed by atoms with Gasteiger partial charge < -0.3 is 11.1 Å². The molecule has 0 atom stereocenters. The molecule has 2 rings (SSSR count). The monoisotopic (exact) mass is 262 g/mol. The lowest BCUT2D eigenvalue weighted by atomic mass is 10.1. The number of rotatable bonds is 2. The summed E-state index contributed by atoms with van der Waals surface area (Å²) in [6, 6.07) is 7.22. The highest BCUT2D eigenvalue weighted by atomic mass is 35.5. The first-order chi connectivity index (χ1) is 8.63. The van der Waals surface area contributed by atoms with Crippen LogP contribution in [0.1, 0.15) is 10.5 Å². The normalized spacial score (nSPS) is 10.1. The molecule has 0 saturated heterocycles. The second-order valence-corrected chi connectivity index (χ2v) is 3.96. The van der Waals surface area contributed by atoms with E-state index < -0.39 is 0 Å². The number of halogens is 1. The van der Waals surface area contributed by atoms with Gasteiger partial charge in [0.15, 0.2) is 11.5 Å². The topological polar surface area (TPSA) is 80.9 Å². The summed E-state index contributed by atoms with van der Waals surface area (Å²) in [4.78, 5) is 19.6. The van der Waals surface area contributed by atoms with Crippen LogP contribution in [0.25, 0.3) is 11.3 Å². The van der Waals surface area contributed by atoms with Gasteiger partial charge in [0.25, 0.3) is 5.91 Å². The third kappa shape index (κ3) is 2.26. The summed E-state index contributed by atoms with van der Waals surface area (Å²) >= 11 is 6.05. The van der Waals surface area contributed by atoms with Crippen LogP contribution in [0.5, 0.6) is 0 Å². The van der Waals surface area contributed by atoms with Gasteiger partial charge in [-0.3, -0.25) is 4.79 Å². The van der Waals surface area contributed by atoms with Crippen molar-refractivity contribution >= 4 is 23.3 Å². The van der Waals surface area contributed by atoms with E-state index in [1.54, 1.807) is 6.07 Å². The molecule has 0 spiro atoms. The first kappa shape index (κ1) is 12.3. The highest BCUT2D eigenvalue weighted by Gasteiger charge is 2.13. The molecular formula is C12H11ClN4O. The molecule has 1 amide bonds. The van der Waals surface area contributed by atoms with Gasteiger partial charge in [-0.25, -0.2) is 9.97 Å². The van der Waals surface area contributed by atoms with E-state index in [1.165, 1.54) is 13.2 Å². The lowest BCUT2D eigenvalue weighted by Gasteiger charge is -2.06. The summed E-state index contributed by atoms with van der Waals surface area (Å²) in [7, 11) is 1.51. The van der Waals surface area contributed by atoms with Crippen LogP contribution < -0.4 is 11.1 Å². The summed E-state index contributed by atoms with van der Waals surface area (Å²) < 4.78 is 0. The molecule has 5 nitrogen and oxygen atoms in total. The number of amides is 1. The summed E-state index contributed by atoms with van der Waals surface area (Å²) in [5, 5.41) is 3.00. The van der Waals surface area contributed by atoms with Gasteiger partial charge in [-0.1, -0.05) is 29.8 Å². The average Bonchev–Trinajstić information content (AvgIpc) is 2.38. The molecule has 92 valence electrons. The molecule has 0 radical (unpaired) electrons. The molecule has 0 aliphatic rings. The summed E-state index contributed by atoms with van der Waals surface area (Å²) in [6.07, 6.45) is 1.47. The summed E-state index contributed by atoms with van der Waals surface area (Å²) in [6.45, 7) is 0. The highest BCUT2D eigenvalue weighted by molar-refractivity contribution is 6.33. The Bertz CT molecular complexity index is 600. The number of carbonyl (C=O) groups excluding carboxylic acids is 1. The zero-order chi connectivity index (χ0) is 13.1. The lowest BCUT2D eigenvalue weighted by Crippen LogP contribution is -2.21. The molecule has 2 aromatic rings. The molecule has 18 heavy (non-hydrogen) atoms. The number of aromatic nitrogens is 2. The van der Waals surface area contributed by atoms with Crippen molar-refractivity contribution in [1.29, 1.82) is 0 Å². The van der Waals surface area contributed by atoms with Crippen LogP contribution in [0, 0.1) is 0 Å². The van der Waals surface area contributed by atoms with E-state index in [-0.39, 0.29) is 17.4 Å². The molecular weight excluding hydrogens is 252 g/mol. The van der Waals surface area contributed by atoms with Crippen molar-refractivity contribution < 1.29 is 4.79 Å². The summed E-state index contributed by atoms with van der Waals surface area (Å²) in [5.74, 6) is -0.294. The SMILES string of the molecule is CNC(=O)c1ncc(-c2ccccc2Cl)nc1N. The van der Waals surface area contributed by atoms with E-state index >= 15 is 0 Å². The number of hydrogen-bond acceptors (Lipinski definition) is 4. The molecule has 0 bridgehead atoms. The van der Waals surface area contributed by atoms with Gasteiger partial charge in [-0.15, -0.1) is 0 Å². The van der Waals surface area contributed by atoms with Crippen molar-refractivity contribution in [1.82, 2.24) is 15.3 Å². The van der Waals surface area contributed by atoms with Crippen molar-refractivity contribution in [2.24, 2.45) is 0 Å². The van der Waals surface area contributed by atoms with Gasteiger partial charge in [0, 0.05) is 12.6 Å². The van der Waals surface area contributed by atoms with Gasteiger partial charge >= 0.3 is 0 Å². The Morgan fingerprint density at radius 2 is 2.11 bits per heavy atom. The number of benzene rings is 1. The third-order valence-corrected chi connectivity index (χ3v) is 2.72. The van der Waals surface area contributed by atoms with E-state index in [0.717, 1.165) is 5.56 Å². The van der Waals surface area contributed by atoms with Crippen LogP contribution in [0.15, 0.2) is 30.5 Å². The average molecular weight is 263 g/mol. The van der Waals surface area contributed by atoms with E-state index in [4.69, 9.17) is 17.3 Å². The maximum atomic E-state index is 11.4. The maximum absolute atomic E-state index is 11.4. The fourth-order valence-corrected chi connectivity index (χ4v) is 1.73. The van der Waals surface area contributed by atoms with Crippen molar-refractivity contribution in [3.63, 3.8) is 0 Å². The second kappa shape index (κ2) is 5.01. The number of nitrogen functional groups attached to an aromatic ring is 1. The quantitative estimate of drug-likeness (QED) is 0.864. The number of nitrogens with zero attached hydrogens (tertiary/aromatic N) is 2. The standard InChI is InChI=1S/C12H11ClN4O/c1-15-12(18)10-11(14)17-9(6-16-10)7-4-2-3-5-8(7)13/h2-6H,1H3,(H2,14,17)(H,15,18). The Kier molecular flexibility index (Phi) is 3.43. The van der Waals surface area contributed by atoms with Crippen molar-refractivity contribution in [3.8, 4) is 11.3 Å². The number of carbonyl (C=O) groups is 1. The molecule has 0 aliphatic heterocycles. The Balaban J connectivity index is 2.47. The van der Waals surface area contributed by atoms with Crippen LogP contribution >= 0.6 is 11.6 Å². The van der Waals surface area contributed by atoms with Gasteiger partial charge in [0.1, 0.15) is 0 Å². The molecule has 1 aromatic heterocycles. The third-order valence-electron chi connectivity index (χ3n) is 2.39. The maximum Gasteiger partial charge on any atom is 0.273 e. The molecule has 0 aliphatic carbocycles.